The molecule has 2 aromatic rings. The molecule has 7 nitrogen and oxygen atoms in total. The zero-order valence-electron chi connectivity index (χ0n) is 12.9. The number of hydrogen-bond acceptors (Lipinski definition) is 6. The van der Waals surface area contributed by atoms with Gasteiger partial charge in [-0.3, -0.25) is 4.72 Å². The van der Waals surface area contributed by atoms with Crippen LogP contribution in [-0.2, 0) is 24.8 Å². The molecule has 1 aromatic carbocycles. The smallest absolute Gasteiger partial charge is 0.271 e. The van der Waals surface area contributed by atoms with Crippen LogP contribution in [0.3, 0.4) is 0 Å². The first-order chi connectivity index (χ1) is 11.8. The molecule has 1 saturated heterocycles. The summed E-state index contributed by atoms with van der Waals surface area (Å²) in [5.74, 6) is 0. The van der Waals surface area contributed by atoms with E-state index < -0.39 is 20.0 Å². The van der Waals surface area contributed by atoms with Crippen LogP contribution in [0.15, 0.2) is 45.5 Å². The Balaban J connectivity index is 1.78. The summed E-state index contributed by atoms with van der Waals surface area (Å²) >= 11 is 6.70. The molecule has 1 fully saturated rings. The number of rotatable bonds is 5. The molecule has 1 aliphatic rings. The number of benzene rings is 1. The maximum absolute atomic E-state index is 12.5. The zero-order valence-corrected chi connectivity index (χ0v) is 16.1. The van der Waals surface area contributed by atoms with Crippen LogP contribution >= 0.6 is 22.9 Å². The molecule has 0 spiro atoms. The molecule has 1 N–H and O–H groups in total. The molecule has 25 heavy (non-hydrogen) atoms. The van der Waals surface area contributed by atoms with E-state index in [4.69, 9.17) is 16.3 Å². The first kappa shape index (κ1) is 18.6. The fourth-order valence-corrected chi connectivity index (χ4v) is 6.23. The average Bonchev–Trinajstić information content (AvgIpc) is 3.03. The van der Waals surface area contributed by atoms with Crippen molar-refractivity contribution in [2.45, 2.75) is 9.10 Å². The third kappa shape index (κ3) is 4.15. The van der Waals surface area contributed by atoms with Gasteiger partial charge < -0.3 is 4.74 Å². The molecule has 0 aliphatic carbocycles. The molecule has 0 amide bonds. The summed E-state index contributed by atoms with van der Waals surface area (Å²) in [5.41, 5.74) is 0.269. The summed E-state index contributed by atoms with van der Waals surface area (Å²) in [5, 5.41) is 0. The Bertz CT molecular complexity index is 949. The highest BCUT2D eigenvalue weighted by Gasteiger charge is 2.26. The van der Waals surface area contributed by atoms with Gasteiger partial charge in [0.2, 0.25) is 10.0 Å². The van der Waals surface area contributed by atoms with Gasteiger partial charge in [-0.15, -0.1) is 11.3 Å². The Morgan fingerprint density at radius 1 is 1.00 bits per heavy atom. The molecule has 2 heterocycles. The van der Waals surface area contributed by atoms with E-state index in [0.717, 1.165) is 11.3 Å². The lowest BCUT2D eigenvalue weighted by atomic mass is 10.3. The molecule has 0 radical (unpaired) electrons. The molecule has 1 aromatic heterocycles. The van der Waals surface area contributed by atoms with Gasteiger partial charge in [0.15, 0.2) is 0 Å². The Morgan fingerprint density at radius 2 is 1.64 bits per heavy atom. The quantitative estimate of drug-likeness (QED) is 0.797. The topological polar surface area (TPSA) is 92.8 Å². The van der Waals surface area contributed by atoms with Crippen LogP contribution in [0, 0.1) is 0 Å². The van der Waals surface area contributed by atoms with Gasteiger partial charge in [-0.25, -0.2) is 16.8 Å². The van der Waals surface area contributed by atoms with Gasteiger partial charge in [0.1, 0.15) is 4.21 Å². The van der Waals surface area contributed by atoms with E-state index in [1.165, 1.54) is 40.7 Å². The van der Waals surface area contributed by atoms with Crippen molar-refractivity contribution in [1.82, 2.24) is 4.31 Å². The maximum Gasteiger partial charge on any atom is 0.271 e. The third-order valence-electron chi connectivity index (χ3n) is 3.53. The minimum Gasteiger partial charge on any atom is -0.379 e. The number of morpholine rings is 1. The lowest BCUT2D eigenvalue weighted by molar-refractivity contribution is 0.0730. The van der Waals surface area contributed by atoms with Gasteiger partial charge >= 0.3 is 0 Å². The minimum absolute atomic E-state index is 0.0857. The molecule has 0 bridgehead atoms. The second kappa shape index (κ2) is 7.22. The van der Waals surface area contributed by atoms with Gasteiger partial charge in [0.25, 0.3) is 10.0 Å². The van der Waals surface area contributed by atoms with E-state index in [9.17, 15) is 16.8 Å². The fraction of sp³-hybridized carbons (Fsp3) is 0.286. The van der Waals surface area contributed by atoms with E-state index in [-0.39, 0.29) is 14.8 Å². The predicted molar refractivity (Wildman–Crippen MR) is 96.2 cm³/mol. The average molecular weight is 423 g/mol. The normalized spacial score (nSPS) is 16.7. The summed E-state index contributed by atoms with van der Waals surface area (Å²) in [4.78, 5) is 0.108. The standard InChI is InChI=1S/C14H15ClN2O5S3/c15-13-5-6-14(23-13)24(18,19)16-11-1-3-12(4-2-11)25(20,21)17-7-9-22-10-8-17/h1-6,16H,7-10H2. The van der Waals surface area contributed by atoms with Crippen molar-refractivity contribution < 1.29 is 21.6 Å². The number of halogens is 1. The summed E-state index contributed by atoms with van der Waals surface area (Å²) in [6.45, 7) is 1.33. The zero-order chi connectivity index (χ0) is 18.1. The SMILES string of the molecule is O=S(=O)(Nc1ccc(S(=O)(=O)N2CCOCC2)cc1)c1ccc(Cl)s1. The number of thiophene rings is 1. The number of anilines is 1. The first-order valence-corrected chi connectivity index (χ1v) is 11.4. The Kier molecular flexibility index (Phi) is 5.37. The highest BCUT2D eigenvalue weighted by Crippen LogP contribution is 2.27. The summed E-state index contributed by atoms with van der Waals surface area (Å²) in [6.07, 6.45) is 0. The molecule has 1 aliphatic heterocycles. The number of sulfonamides is 2. The Morgan fingerprint density at radius 3 is 2.20 bits per heavy atom. The molecule has 0 unspecified atom stereocenters. The number of nitrogens with zero attached hydrogens (tertiary/aromatic N) is 1. The second-order valence-corrected chi connectivity index (χ2v) is 10.8. The van der Waals surface area contributed by atoms with E-state index in [1.54, 1.807) is 0 Å². The van der Waals surface area contributed by atoms with Crippen LogP contribution in [0.1, 0.15) is 0 Å². The summed E-state index contributed by atoms with van der Waals surface area (Å²) in [7, 11) is -7.36. The van der Waals surface area contributed by atoms with Crippen LogP contribution < -0.4 is 4.72 Å². The molecule has 0 atom stereocenters. The van der Waals surface area contributed by atoms with Crippen LogP contribution in [-0.4, -0.2) is 47.4 Å². The van der Waals surface area contributed by atoms with Crippen molar-refractivity contribution in [3.8, 4) is 0 Å². The van der Waals surface area contributed by atoms with Gasteiger partial charge in [-0.05, 0) is 36.4 Å². The lowest BCUT2D eigenvalue weighted by Gasteiger charge is -2.26. The third-order valence-corrected chi connectivity index (χ3v) is 8.54. The highest BCUT2D eigenvalue weighted by atomic mass is 35.5. The van der Waals surface area contributed by atoms with Crippen molar-refractivity contribution in [2.75, 3.05) is 31.0 Å². The summed E-state index contributed by atoms with van der Waals surface area (Å²) < 4.78 is 58.9. The highest BCUT2D eigenvalue weighted by molar-refractivity contribution is 7.94. The number of ether oxygens (including phenoxy) is 1. The second-order valence-electron chi connectivity index (χ2n) is 5.20. The monoisotopic (exact) mass is 422 g/mol. The summed E-state index contributed by atoms with van der Waals surface area (Å²) in [6, 6.07) is 8.50. The molecule has 11 heteroatoms. The maximum atomic E-state index is 12.5. The molecule has 0 saturated carbocycles. The molecule has 136 valence electrons. The number of hydrogen-bond donors (Lipinski definition) is 1. The predicted octanol–water partition coefficient (Wildman–Crippen LogP) is 2.22. The van der Waals surface area contributed by atoms with Gasteiger partial charge in [0.05, 0.1) is 22.4 Å². The largest absolute Gasteiger partial charge is 0.379 e. The van der Waals surface area contributed by atoms with E-state index in [0.29, 0.717) is 30.6 Å². The van der Waals surface area contributed by atoms with E-state index >= 15 is 0 Å². The van der Waals surface area contributed by atoms with Crippen LogP contribution in [0.4, 0.5) is 5.69 Å². The van der Waals surface area contributed by atoms with Crippen molar-refractivity contribution in [3.05, 3.63) is 40.7 Å². The van der Waals surface area contributed by atoms with Crippen LogP contribution in [0.25, 0.3) is 0 Å². The van der Waals surface area contributed by atoms with Crippen molar-refractivity contribution in [2.24, 2.45) is 0 Å². The van der Waals surface area contributed by atoms with E-state index in [1.807, 2.05) is 0 Å². The number of nitrogens with one attached hydrogen (secondary N) is 1. The Hall–Kier alpha value is -1.17. The van der Waals surface area contributed by atoms with Gasteiger partial charge in [-0.1, -0.05) is 11.6 Å². The van der Waals surface area contributed by atoms with Crippen LogP contribution in [0.5, 0.6) is 0 Å². The van der Waals surface area contributed by atoms with E-state index in [2.05, 4.69) is 4.72 Å². The van der Waals surface area contributed by atoms with Crippen LogP contribution in [0.2, 0.25) is 4.34 Å². The van der Waals surface area contributed by atoms with Gasteiger partial charge in [0, 0.05) is 18.8 Å². The Labute approximate surface area is 155 Å². The lowest BCUT2D eigenvalue weighted by Crippen LogP contribution is -2.40. The molecule has 3 rings (SSSR count). The fourth-order valence-electron chi connectivity index (χ4n) is 2.28. The van der Waals surface area contributed by atoms with Crippen molar-refractivity contribution in [3.63, 3.8) is 0 Å². The molecular formula is C14H15ClN2O5S3. The van der Waals surface area contributed by atoms with Crippen molar-refractivity contribution >= 4 is 48.7 Å². The van der Waals surface area contributed by atoms with Crippen molar-refractivity contribution in [1.29, 1.82) is 0 Å². The first-order valence-electron chi connectivity index (χ1n) is 7.25. The minimum atomic E-state index is -3.75. The molecular weight excluding hydrogens is 408 g/mol. The van der Waals surface area contributed by atoms with Gasteiger partial charge in [-0.2, -0.15) is 4.31 Å².